The van der Waals surface area contributed by atoms with Crippen molar-refractivity contribution in [1.82, 2.24) is 4.98 Å². The average Bonchev–Trinajstić information content (AvgIpc) is 2.93. The van der Waals surface area contributed by atoms with E-state index in [0.29, 0.717) is 37.9 Å². The lowest BCUT2D eigenvalue weighted by Gasteiger charge is -2.12. The van der Waals surface area contributed by atoms with E-state index in [2.05, 4.69) is 10.3 Å². The Hall–Kier alpha value is -2.22. The van der Waals surface area contributed by atoms with Crippen molar-refractivity contribution in [2.75, 3.05) is 24.8 Å². The van der Waals surface area contributed by atoms with E-state index in [9.17, 15) is 4.79 Å². The lowest BCUT2D eigenvalue weighted by atomic mass is 10.2. The third-order valence-electron chi connectivity index (χ3n) is 3.52. The first-order valence-electron chi connectivity index (χ1n) is 7.49. The van der Waals surface area contributed by atoms with Gasteiger partial charge in [-0.2, -0.15) is 0 Å². The highest BCUT2D eigenvalue weighted by atomic mass is 35.5. The largest absolute Gasteiger partial charge is 0.494 e. The first-order valence-corrected chi connectivity index (χ1v) is 9.07. The maximum absolute atomic E-state index is 12.2. The van der Waals surface area contributed by atoms with Gasteiger partial charge in [0, 0.05) is 16.8 Å². The van der Waals surface area contributed by atoms with E-state index in [4.69, 9.17) is 38.4 Å². The quantitative estimate of drug-likeness (QED) is 0.644. The fraction of sp³-hybridized carbons (Fsp3) is 0.176. The van der Waals surface area contributed by atoms with Crippen molar-refractivity contribution in [2.24, 2.45) is 0 Å². The van der Waals surface area contributed by atoms with E-state index in [0.717, 1.165) is 10.3 Å². The minimum atomic E-state index is -0.339. The molecule has 9 heteroatoms. The molecule has 0 atom stereocenters. The van der Waals surface area contributed by atoms with Gasteiger partial charge in [-0.15, -0.1) is 0 Å². The number of nitrogens with two attached hydrogens (primary N) is 1. The van der Waals surface area contributed by atoms with Crippen LogP contribution in [0.3, 0.4) is 0 Å². The number of halogens is 2. The van der Waals surface area contributed by atoms with E-state index in [1.807, 2.05) is 0 Å². The van der Waals surface area contributed by atoms with Crippen molar-refractivity contribution in [2.45, 2.75) is 6.92 Å². The number of benzene rings is 2. The van der Waals surface area contributed by atoms with Crippen molar-refractivity contribution >= 4 is 61.5 Å². The number of hydrogen-bond acceptors (Lipinski definition) is 6. The molecule has 0 bridgehead atoms. The average molecular weight is 412 g/mol. The molecule has 1 aromatic heterocycles. The summed E-state index contributed by atoms with van der Waals surface area (Å²) in [5.74, 6) is 0.618. The highest BCUT2D eigenvalue weighted by molar-refractivity contribution is 7.22. The van der Waals surface area contributed by atoms with Gasteiger partial charge in [0.25, 0.3) is 5.91 Å². The Bertz CT molecular complexity index is 968. The van der Waals surface area contributed by atoms with Gasteiger partial charge in [-0.1, -0.05) is 34.5 Å². The molecule has 6 nitrogen and oxygen atoms in total. The van der Waals surface area contributed by atoms with Crippen LogP contribution < -0.4 is 20.5 Å². The number of ether oxygens (including phenoxy) is 2. The van der Waals surface area contributed by atoms with Crippen LogP contribution >= 0.6 is 34.5 Å². The van der Waals surface area contributed by atoms with Crippen LogP contribution in [0, 0.1) is 6.92 Å². The molecule has 0 saturated carbocycles. The molecule has 0 fully saturated rings. The van der Waals surface area contributed by atoms with Gasteiger partial charge in [0.2, 0.25) is 0 Å². The number of nitrogens with one attached hydrogen (secondary N) is 1. The van der Waals surface area contributed by atoms with Gasteiger partial charge >= 0.3 is 0 Å². The molecular formula is C17H15Cl2N3O3S. The fourth-order valence-corrected chi connectivity index (χ4v) is 3.89. The van der Waals surface area contributed by atoms with E-state index >= 15 is 0 Å². The highest BCUT2D eigenvalue weighted by Gasteiger charge is 2.13. The van der Waals surface area contributed by atoms with Crippen LogP contribution in [0.5, 0.6) is 11.5 Å². The molecule has 26 heavy (non-hydrogen) atoms. The van der Waals surface area contributed by atoms with Gasteiger partial charge in [0.15, 0.2) is 11.7 Å². The number of fused-ring (bicyclic) bond motifs is 1. The standard InChI is InChI=1S/C17H15Cl2N3O3S/c1-8-3-9(18)4-11(19)16(8)25-7-14(23)21-10-5-12(24-2)15-13(6-10)26-17(20)22-15/h3-6H,7H2,1-2H3,(H2,20,22)(H,21,23). The van der Waals surface area contributed by atoms with E-state index in [1.165, 1.54) is 18.4 Å². The molecule has 0 radical (unpaired) electrons. The maximum atomic E-state index is 12.2. The molecule has 1 amide bonds. The molecule has 0 aliphatic heterocycles. The topological polar surface area (TPSA) is 86.5 Å². The molecule has 2 aromatic carbocycles. The number of carbonyl (C=O) groups excluding carboxylic acids is 1. The molecule has 0 aliphatic carbocycles. The van der Waals surface area contributed by atoms with Crippen LogP contribution in [0.2, 0.25) is 10.0 Å². The number of thiazole rings is 1. The summed E-state index contributed by atoms with van der Waals surface area (Å²) in [6.45, 7) is 1.60. The second kappa shape index (κ2) is 7.57. The summed E-state index contributed by atoms with van der Waals surface area (Å²) < 4.78 is 11.7. The van der Waals surface area contributed by atoms with Gasteiger partial charge < -0.3 is 20.5 Å². The zero-order valence-corrected chi connectivity index (χ0v) is 16.3. The van der Waals surface area contributed by atoms with E-state index in [1.54, 1.807) is 31.2 Å². The number of amides is 1. The lowest BCUT2D eigenvalue weighted by Crippen LogP contribution is -2.20. The Labute approximate surface area is 163 Å². The molecule has 0 spiro atoms. The summed E-state index contributed by atoms with van der Waals surface area (Å²) in [5, 5.41) is 4.05. The number of aryl methyl sites for hydroxylation is 1. The minimum absolute atomic E-state index is 0.201. The zero-order valence-electron chi connectivity index (χ0n) is 13.9. The van der Waals surface area contributed by atoms with Gasteiger partial charge in [-0.3, -0.25) is 4.79 Å². The van der Waals surface area contributed by atoms with Gasteiger partial charge in [0.1, 0.15) is 17.0 Å². The summed E-state index contributed by atoms with van der Waals surface area (Å²) in [4.78, 5) is 16.4. The maximum Gasteiger partial charge on any atom is 0.262 e. The molecule has 0 unspecified atom stereocenters. The summed E-state index contributed by atoms with van der Waals surface area (Å²) in [6.07, 6.45) is 0. The first kappa shape index (κ1) is 18.6. The Morgan fingerprint density at radius 1 is 1.31 bits per heavy atom. The third kappa shape index (κ3) is 3.95. The predicted molar refractivity (Wildman–Crippen MR) is 106 cm³/mol. The van der Waals surface area contributed by atoms with Crippen molar-refractivity contribution in [3.63, 3.8) is 0 Å². The second-order valence-electron chi connectivity index (χ2n) is 5.45. The van der Waals surface area contributed by atoms with Crippen LogP contribution in [0.15, 0.2) is 24.3 Å². The molecule has 0 saturated heterocycles. The number of aromatic nitrogens is 1. The molecule has 0 aliphatic rings. The summed E-state index contributed by atoms with van der Waals surface area (Å²) >= 11 is 13.3. The minimum Gasteiger partial charge on any atom is -0.494 e. The molecule has 3 aromatic rings. The van der Waals surface area contributed by atoms with Crippen LogP contribution in [-0.4, -0.2) is 24.6 Å². The molecule has 1 heterocycles. The highest BCUT2D eigenvalue weighted by Crippen LogP contribution is 2.34. The molecule has 3 rings (SSSR count). The number of anilines is 2. The van der Waals surface area contributed by atoms with E-state index < -0.39 is 0 Å². The van der Waals surface area contributed by atoms with Crippen molar-refractivity contribution in [1.29, 1.82) is 0 Å². The van der Waals surface area contributed by atoms with Crippen LogP contribution in [-0.2, 0) is 4.79 Å². The Morgan fingerprint density at radius 3 is 2.77 bits per heavy atom. The number of nitrogen functional groups attached to an aromatic ring is 1. The van der Waals surface area contributed by atoms with Crippen LogP contribution in [0.25, 0.3) is 10.2 Å². The van der Waals surface area contributed by atoms with Crippen LogP contribution in [0.4, 0.5) is 10.8 Å². The first-order chi connectivity index (χ1) is 12.4. The SMILES string of the molecule is COc1cc(NC(=O)COc2c(C)cc(Cl)cc2Cl)cc2sc(N)nc12. The second-order valence-corrected chi connectivity index (χ2v) is 7.35. The number of methoxy groups -OCH3 is 1. The Morgan fingerprint density at radius 2 is 2.08 bits per heavy atom. The van der Waals surface area contributed by atoms with Crippen molar-refractivity contribution < 1.29 is 14.3 Å². The molecular weight excluding hydrogens is 397 g/mol. The normalized spacial score (nSPS) is 10.8. The van der Waals surface area contributed by atoms with Crippen molar-refractivity contribution in [3.8, 4) is 11.5 Å². The third-order valence-corrected chi connectivity index (χ3v) is 4.85. The number of carbonyl (C=O) groups is 1. The monoisotopic (exact) mass is 411 g/mol. The Balaban J connectivity index is 1.73. The summed E-state index contributed by atoms with van der Waals surface area (Å²) in [7, 11) is 1.53. The number of rotatable bonds is 5. The van der Waals surface area contributed by atoms with Crippen molar-refractivity contribution in [3.05, 3.63) is 39.9 Å². The summed E-state index contributed by atoms with van der Waals surface area (Å²) in [5.41, 5.74) is 7.71. The van der Waals surface area contributed by atoms with Gasteiger partial charge in [-0.05, 0) is 30.7 Å². The van der Waals surface area contributed by atoms with Gasteiger partial charge in [0.05, 0.1) is 16.8 Å². The number of hydrogen-bond donors (Lipinski definition) is 2. The molecule has 136 valence electrons. The molecule has 3 N–H and O–H groups in total. The predicted octanol–water partition coefficient (Wildman–Crippen LogP) is 4.52. The summed E-state index contributed by atoms with van der Waals surface area (Å²) in [6, 6.07) is 6.74. The lowest BCUT2D eigenvalue weighted by molar-refractivity contribution is -0.118. The smallest absolute Gasteiger partial charge is 0.262 e. The zero-order chi connectivity index (χ0) is 18.8. The number of nitrogens with zero attached hydrogens (tertiary/aromatic N) is 1. The fourth-order valence-electron chi connectivity index (χ4n) is 2.45. The van der Waals surface area contributed by atoms with Crippen LogP contribution in [0.1, 0.15) is 5.56 Å². The Kier molecular flexibility index (Phi) is 5.41. The van der Waals surface area contributed by atoms with Gasteiger partial charge in [-0.25, -0.2) is 4.98 Å². The van der Waals surface area contributed by atoms with E-state index in [-0.39, 0.29) is 12.5 Å².